The Bertz CT molecular complexity index is 843. The standard InChI is InChI=1S/C19H26N4O2/c1-4-22-10-6-7-14(22)11-20-19(25)16-12-23(5-2)18-15(17(16)24)9-8-13(3)21-18/h8-9,12,14H,4-7,10-11H2,1-3H3,(H,20,25). The van der Waals surface area contributed by atoms with E-state index < -0.39 is 0 Å². The lowest BCUT2D eigenvalue weighted by Gasteiger charge is -2.22. The summed E-state index contributed by atoms with van der Waals surface area (Å²) >= 11 is 0. The average molecular weight is 342 g/mol. The topological polar surface area (TPSA) is 67.2 Å². The fourth-order valence-corrected chi connectivity index (χ4v) is 3.61. The molecule has 1 aliphatic heterocycles. The second kappa shape index (κ2) is 7.35. The lowest BCUT2D eigenvalue weighted by Crippen LogP contribution is -2.41. The van der Waals surface area contributed by atoms with Crippen molar-refractivity contribution in [3.63, 3.8) is 0 Å². The smallest absolute Gasteiger partial charge is 0.256 e. The Kier molecular flexibility index (Phi) is 5.18. The molecule has 134 valence electrons. The highest BCUT2D eigenvalue weighted by Crippen LogP contribution is 2.16. The van der Waals surface area contributed by atoms with Crippen LogP contribution in [0.5, 0.6) is 0 Å². The van der Waals surface area contributed by atoms with E-state index in [0.717, 1.165) is 31.6 Å². The molecule has 0 saturated carbocycles. The Morgan fingerprint density at radius 1 is 1.32 bits per heavy atom. The number of fused-ring (bicyclic) bond motifs is 1. The van der Waals surface area contributed by atoms with Gasteiger partial charge in [-0.2, -0.15) is 0 Å². The second-order valence-electron chi connectivity index (χ2n) is 6.62. The van der Waals surface area contributed by atoms with E-state index in [2.05, 4.69) is 22.1 Å². The van der Waals surface area contributed by atoms with E-state index in [4.69, 9.17) is 0 Å². The number of nitrogens with one attached hydrogen (secondary N) is 1. The van der Waals surface area contributed by atoms with Gasteiger partial charge in [-0.3, -0.25) is 14.5 Å². The van der Waals surface area contributed by atoms with Gasteiger partial charge in [0.1, 0.15) is 11.2 Å². The number of hydrogen-bond acceptors (Lipinski definition) is 4. The van der Waals surface area contributed by atoms with Gasteiger partial charge < -0.3 is 9.88 Å². The van der Waals surface area contributed by atoms with Gasteiger partial charge in [-0.05, 0) is 51.9 Å². The molecule has 25 heavy (non-hydrogen) atoms. The van der Waals surface area contributed by atoms with Crippen molar-refractivity contribution in [2.75, 3.05) is 19.6 Å². The minimum Gasteiger partial charge on any atom is -0.350 e. The van der Waals surface area contributed by atoms with Crippen molar-refractivity contribution in [2.24, 2.45) is 0 Å². The summed E-state index contributed by atoms with van der Waals surface area (Å²) in [5.41, 5.74) is 1.44. The predicted molar refractivity (Wildman–Crippen MR) is 99.0 cm³/mol. The van der Waals surface area contributed by atoms with E-state index >= 15 is 0 Å². The summed E-state index contributed by atoms with van der Waals surface area (Å²) < 4.78 is 1.87. The van der Waals surface area contributed by atoms with Crippen LogP contribution >= 0.6 is 0 Å². The summed E-state index contributed by atoms with van der Waals surface area (Å²) in [6, 6.07) is 3.94. The first kappa shape index (κ1) is 17.6. The first-order chi connectivity index (χ1) is 12.0. The zero-order valence-corrected chi connectivity index (χ0v) is 15.2. The molecule has 1 fully saturated rings. The lowest BCUT2D eigenvalue weighted by atomic mass is 10.1. The van der Waals surface area contributed by atoms with Crippen LogP contribution in [0.1, 0.15) is 42.7 Å². The van der Waals surface area contributed by atoms with Crippen LogP contribution in [0, 0.1) is 6.92 Å². The second-order valence-corrected chi connectivity index (χ2v) is 6.62. The molecule has 6 nitrogen and oxygen atoms in total. The zero-order chi connectivity index (χ0) is 18.0. The van der Waals surface area contributed by atoms with Gasteiger partial charge in [0, 0.05) is 31.0 Å². The number of hydrogen-bond donors (Lipinski definition) is 1. The molecule has 3 rings (SSSR count). The Morgan fingerprint density at radius 2 is 2.12 bits per heavy atom. The van der Waals surface area contributed by atoms with Gasteiger partial charge in [0.25, 0.3) is 5.91 Å². The number of likely N-dealkylation sites (tertiary alicyclic amines) is 1. The Labute approximate surface area is 147 Å². The molecule has 2 aromatic heterocycles. The molecular weight excluding hydrogens is 316 g/mol. The number of aryl methyl sites for hydroxylation is 2. The molecule has 0 radical (unpaired) electrons. The molecule has 0 aromatic carbocycles. The third kappa shape index (κ3) is 3.44. The van der Waals surface area contributed by atoms with E-state index in [-0.39, 0.29) is 16.9 Å². The maximum absolute atomic E-state index is 12.7. The highest BCUT2D eigenvalue weighted by Gasteiger charge is 2.24. The van der Waals surface area contributed by atoms with Crippen molar-refractivity contribution in [1.82, 2.24) is 19.8 Å². The number of amides is 1. The SMILES string of the molecule is CCN1CCCC1CNC(=O)c1cn(CC)c2nc(C)ccc2c1=O. The molecule has 1 atom stereocenters. The van der Waals surface area contributed by atoms with E-state index in [0.29, 0.717) is 30.2 Å². The van der Waals surface area contributed by atoms with E-state index in [1.807, 2.05) is 24.5 Å². The number of likely N-dealkylation sites (N-methyl/N-ethyl adjacent to an activating group) is 1. The fraction of sp³-hybridized carbons (Fsp3) is 0.526. The number of carbonyl (C=O) groups excluding carboxylic acids is 1. The molecule has 2 aromatic rings. The van der Waals surface area contributed by atoms with Gasteiger partial charge in [-0.15, -0.1) is 0 Å². The van der Waals surface area contributed by atoms with Gasteiger partial charge >= 0.3 is 0 Å². The Morgan fingerprint density at radius 3 is 2.84 bits per heavy atom. The molecule has 1 amide bonds. The van der Waals surface area contributed by atoms with Gasteiger partial charge in [0.2, 0.25) is 5.43 Å². The van der Waals surface area contributed by atoms with E-state index in [9.17, 15) is 9.59 Å². The number of carbonyl (C=O) groups is 1. The van der Waals surface area contributed by atoms with Gasteiger partial charge in [-0.1, -0.05) is 6.92 Å². The first-order valence-electron chi connectivity index (χ1n) is 9.08. The minimum atomic E-state index is -0.294. The van der Waals surface area contributed by atoms with Crippen LogP contribution in [-0.4, -0.2) is 46.0 Å². The van der Waals surface area contributed by atoms with Crippen LogP contribution in [0.25, 0.3) is 11.0 Å². The molecule has 3 heterocycles. The summed E-state index contributed by atoms with van der Waals surface area (Å²) in [5, 5.41) is 3.46. The molecule has 1 saturated heterocycles. The molecule has 1 N–H and O–H groups in total. The molecule has 1 aliphatic rings. The van der Waals surface area contributed by atoms with Gasteiger partial charge in [0.05, 0.1) is 5.39 Å². The summed E-state index contributed by atoms with van der Waals surface area (Å²) in [4.78, 5) is 32.2. The van der Waals surface area contributed by atoms with Crippen molar-refractivity contribution in [3.8, 4) is 0 Å². The summed E-state index contributed by atoms with van der Waals surface area (Å²) in [6.07, 6.45) is 3.89. The summed E-state index contributed by atoms with van der Waals surface area (Å²) in [5.74, 6) is -0.294. The van der Waals surface area contributed by atoms with E-state index in [1.54, 1.807) is 12.3 Å². The van der Waals surface area contributed by atoms with Crippen LogP contribution in [-0.2, 0) is 6.54 Å². The minimum absolute atomic E-state index is 0.195. The molecule has 0 bridgehead atoms. The van der Waals surface area contributed by atoms with E-state index in [1.165, 1.54) is 0 Å². The third-order valence-electron chi connectivity index (χ3n) is 5.05. The van der Waals surface area contributed by atoms with Crippen LogP contribution in [0.3, 0.4) is 0 Å². The highest BCUT2D eigenvalue weighted by molar-refractivity contribution is 5.96. The monoisotopic (exact) mass is 342 g/mol. The zero-order valence-electron chi connectivity index (χ0n) is 15.2. The molecule has 0 aliphatic carbocycles. The van der Waals surface area contributed by atoms with Crippen LogP contribution in [0.15, 0.2) is 23.1 Å². The van der Waals surface area contributed by atoms with Gasteiger partial charge in [-0.25, -0.2) is 4.98 Å². The summed E-state index contributed by atoms with van der Waals surface area (Å²) in [7, 11) is 0. The average Bonchev–Trinajstić information content (AvgIpc) is 3.07. The van der Waals surface area contributed by atoms with Crippen molar-refractivity contribution < 1.29 is 4.79 Å². The van der Waals surface area contributed by atoms with Crippen LogP contribution in [0.2, 0.25) is 0 Å². The van der Waals surface area contributed by atoms with Gasteiger partial charge in [0.15, 0.2) is 0 Å². The highest BCUT2D eigenvalue weighted by atomic mass is 16.2. The summed E-state index contributed by atoms with van der Waals surface area (Å²) in [6.45, 7) is 9.32. The third-order valence-corrected chi connectivity index (χ3v) is 5.05. The molecule has 0 spiro atoms. The van der Waals surface area contributed by atoms with Crippen molar-refractivity contribution in [2.45, 2.75) is 46.2 Å². The number of nitrogens with zero attached hydrogens (tertiary/aromatic N) is 3. The largest absolute Gasteiger partial charge is 0.350 e. The van der Waals surface area contributed by atoms with Crippen LogP contribution < -0.4 is 10.7 Å². The first-order valence-corrected chi connectivity index (χ1v) is 9.08. The normalized spacial score (nSPS) is 18.0. The maximum Gasteiger partial charge on any atom is 0.256 e. The molecular formula is C19H26N4O2. The van der Waals surface area contributed by atoms with Crippen LogP contribution in [0.4, 0.5) is 0 Å². The lowest BCUT2D eigenvalue weighted by molar-refractivity contribution is 0.0939. The molecule has 1 unspecified atom stereocenters. The van der Waals surface area contributed by atoms with Crippen molar-refractivity contribution in [1.29, 1.82) is 0 Å². The van der Waals surface area contributed by atoms with Crippen molar-refractivity contribution >= 4 is 16.9 Å². The maximum atomic E-state index is 12.7. The fourth-order valence-electron chi connectivity index (χ4n) is 3.61. The predicted octanol–water partition coefficient (Wildman–Crippen LogP) is 1.94. The van der Waals surface area contributed by atoms with Crippen molar-refractivity contribution in [3.05, 3.63) is 39.8 Å². The number of rotatable bonds is 5. The molecule has 6 heteroatoms. The number of pyridine rings is 2. The quantitative estimate of drug-likeness (QED) is 0.902. The number of aromatic nitrogens is 2. The Hall–Kier alpha value is -2.21. The Balaban J connectivity index is 1.87.